The van der Waals surface area contributed by atoms with E-state index in [2.05, 4.69) is 9.94 Å². The highest BCUT2D eigenvalue weighted by Crippen LogP contribution is 2.33. The topological polar surface area (TPSA) is 75.4 Å². The number of rotatable bonds is 5. The zero-order valence-corrected chi connectivity index (χ0v) is 13.4. The zero-order valence-electron chi connectivity index (χ0n) is 13.4. The maximum Gasteiger partial charge on any atom is 0.221 e. The summed E-state index contributed by atoms with van der Waals surface area (Å²) in [6, 6.07) is 6.76. The number of hydrogen-bond donors (Lipinski definition) is 1. The minimum Gasteiger partial charge on any atom is -0.440 e. The quantitative estimate of drug-likeness (QED) is 0.854. The van der Waals surface area contributed by atoms with E-state index in [-0.39, 0.29) is 12.6 Å². The molecule has 0 amide bonds. The first kappa shape index (κ1) is 16.5. The van der Waals surface area contributed by atoms with Crippen molar-refractivity contribution >= 4 is 5.69 Å². The van der Waals surface area contributed by atoms with E-state index in [1.807, 2.05) is 26.8 Å². The molecule has 0 saturated heterocycles. The summed E-state index contributed by atoms with van der Waals surface area (Å²) in [5, 5.41) is 23.0. The second kappa shape index (κ2) is 6.95. The minimum absolute atomic E-state index is 0.0510. The van der Waals surface area contributed by atoms with Gasteiger partial charge in [-0.25, -0.2) is 9.53 Å². The van der Waals surface area contributed by atoms with Crippen molar-refractivity contribution in [3.8, 4) is 17.7 Å². The van der Waals surface area contributed by atoms with E-state index in [1.54, 1.807) is 16.8 Å². The van der Waals surface area contributed by atoms with Gasteiger partial charge in [-0.15, -0.1) is 0 Å². The number of benzene rings is 1. The van der Waals surface area contributed by atoms with Crippen LogP contribution in [0, 0.1) is 17.9 Å². The number of ether oxygens (including phenoxy) is 1. The molecule has 6 heteroatoms. The summed E-state index contributed by atoms with van der Waals surface area (Å²) in [6.45, 7) is 12.9. The van der Waals surface area contributed by atoms with Crippen LogP contribution in [0.2, 0.25) is 0 Å². The fourth-order valence-corrected chi connectivity index (χ4v) is 2.32. The maximum absolute atomic E-state index is 9.49. The molecule has 0 aliphatic carbocycles. The van der Waals surface area contributed by atoms with Gasteiger partial charge in [-0.1, -0.05) is 6.92 Å². The average molecular weight is 310 g/mol. The second-order valence-electron chi connectivity index (χ2n) is 5.32. The molecule has 0 aliphatic heterocycles. The fraction of sp³-hybridized carbons (Fsp3) is 0.353. The molecule has 6 nitrogen and oxygen atoms in total. The van der Waals surface area contributed by atoms with Crippen LogP contribution in [0.4, 0.5) is 5.69 Å². The summed E-state index contributed by atoms with van der Waals surface area (Å²) in [6.07, 6.45) is 0.658. The van der Waals surface area contributed by atoms with Gasteiger partial charge in [0.05, 0.1) is 31.0 Å². The Morgan fingerprint density at radius 2 is 2.17 bits per heavy atom. The third-order valence-electron chi connectivity index (χ3n) is 3.40. The molecule has 2 rings (SSSR count). The van der Waals surface area contributed by atoms with Crippen LogP contribution in [0.25, 0.3) is 4.85 Å². The van der Waals surface area contributed by atoms with Crippen LogP contribution in [-0.2, 0) is 13.0 Å². The van der Waals surface area contributed by atoms with Gasteiger partial charge in [0.25, 0.3) is 0 Å². The van der Waals surface area contributed by atoms with E-state index in [9.17, 15) is 5.11 Å². The van der Waals surface area contributed by atoms with Gasteiger partial charge in [0.15, 0.2) is 5.69 Å². The number of aliphatic hydroxyl groups is 1. The molecule has 23 heavy (non-hydrogen) atoms. The van der Waals surface area contributed by atoms with Crippen molar-refractivity contribution in [1.29, 1.82) is 5.26 Å². The van der Waals surface area contributed by atoms with Gasteiger partial charge in [0.2, 0.25) is 5.88 Å². The molecule has 2 aromatic rings. The van der Waals surface area contributed by atoms with Crippen LogP contribution in [0.3, 0.4) is 0 Å². The van der Waals surface area contributed by atoms with E-state index < -0.39 is 0 Å². The first-order valence-electron chi connectivity index (χ1n) is 7.35. The number of aliphatic hydroxyl groups excluding tert-OH is 1. The first-order valence-corrected chi connectivity index (χ1v) is 7.35. The molecule has 0 atom stereocenters. The Balaban J connectivity index is 2.54. The molecule has 0 spiro atoms. The Hall–Kier alpha value is -2.83. The molecule has 118 valence electrons. The summed E-state index contributed by atoms with van der Waals surface area (Å²) >= 11 is 0. The monoisotopic (exact) mass is 310 g/mol. The van der Waals surface area contributed by atoms with E-state index in [4.69, 9.17) is 16.6 Å². The van der Waals surface area contributed by atoms with Gasteiger partial charge < -0.3 is 9.84 Å². The molecule has 0 unspecified atom stereocenters. The lowest BCUT2D eigenvalue weighted by Gasteiger charge is -2.13. The van der Waals surface area contributed by atoms with Crippen LogP contribution >= 0.6 is 0 Å². The van der Waals surface area contributed by atoms with Gasteiger partial charge in [0, 0.05) is 11.1 Å². The lowest BCUT2D eigenvalue weighted by molar-refractivity contribution is 0.273. The summed E-state index contributed by atoms with van der Waals surface area (Å²) in [4.78, 5) is 3.36. The molecule has 0 fully saturated rings. The van der Waals surface area contributed by atoms with Gasteiger partial charge >= 0.3 is 0 Å². The summed E-state index contributed by atoms with van der Waals surface area (Å²) in [5.41, 5.74) is 2.12. The maximum atomic E-state index is 9.49. The molecular weight excluding hydrogens is 292 g/mol. The third-order valence-corrected chi connectivity index (χ3v) is 3.40. The molecule has 1 aromatic carbocycles. The van der Waals surface area contributed by atoms with Crippen LogP contribution in [0.5, 0.6) is 11.6 Å². The Morgan fingerprint density at radius 1 is 1.43 bits per heavy atom. The van der Waals surface area contributed by atoms with Crippen molar-refractivity contribution in [3.63, 3.8) is 0 Å². The Morgan fingerprint density at radius 3 is 2.70 bits per heavy atom. The number of nitriles is 1. The largest absolute Gasteiger partial charge is 0.440 e. The molecule has 1 heterocycles. The number of aromatic nitrogens is 2. The Labute approximate surface area is 135 Å². The van der Waals surface area contributed by atoms with Crippen molar-refractivity contribution in [2.24, 2.45) is 0 Å². The molecule has 1 N–H and O–H groups in total. The third kappa shape index (κ3) is 3.33. The SMILES string of the molecule is [C-]#[N+]c1cc(C#N)cc(Oc2c(CC)c(CO)nn2C(C)C)c1. The van der Waals surface area contributed by atoms with E-state index in [0.717, 1.165) is 5.56 Å². The lowest BCUT2D eigenvalue weighted by atomic mass is 10.2. The van der Waals surface area contributed by atoms with E-state index in [1.165, 1.54) is 6.07 Å². The van der Waals surface area contributed by atoms with Gasteiger partial charge in [-0.05, 0) is 38.5 Å². The summed E-state index contributed by atoms with van der Waals surface area (Å²) in [5.74, 6) is 0.952. The first-order chi connectivity index (χ1) is 11.0. The molecule has 1 aromatic heterocycles. The molecule has 0 bridgehead atoms. The molecule has 0 saturated carbocycles. The van der Waals surface area contributed by atoms with Crippen molar-refractivity contribution in [1.82, 2.24) is 9.78 Å². The second-order valence-corrected chi connectivity index (χ2v) is 5.32. The Bertz CT molecular complexity index is 762. The molecule has 0 radical (unpaired) electrons. The molecule has 0 aliphatic rings. The van der Waals surface area contributed by atoms with Crippen LogP contribution < -0.4 is 4.74 Å². The predicted octanol–water partition coefficient (Wildman–Crippen LogP) is 3.73. The van der Waals surface area contributed by atoms with Crippen LogP contribution in [0.1, 0.15) is 43.6 Å². The zero-order chi connectivity index (χ0) is 17.0. The van der Waals surface area contributed by atoms with Crippen LogP contribution in [0.15, 0.2) is 18.2 Å². The minimum atomic E-state index is -0.162. The predicted molar refractivity (Wildman–Crippen MR) is 85.4 cm³/mol. The van der Waals surface area contributed by atoms with E-state index >= 15 is 0 Å². The number of nitrogens with zero attached hydrogens (tertiary/aromatic N) is 4. The lowest BCUT2D eigenvalue weighted by Crippen LogP contribution is -2.05. The van der Waals surface area contributed by atoms with Gasteiger partial charge in [-0.3, -0.25) is 0 Å². The highest BCUT2D eigenvalue weighted by molar-refractivity contribution is 5.55. The van der Waals surface area contributed by atoms with Crippen molar-refractivity contribution < 1.29 is 9.84 Å². The standard InChI is InChI=1S/C17H18N4O2/c1-5-15-16(10-22)20-21(11(2)3)17(15)23-14-7-12(9-18)6-13(8-14)19-4/h6-8,11,22H,5,10H2,1-3H3. The van der Waals surface area contributed by atoms with Crippen molar-refractivity contribution in [2.45, 2.75) is 39.8 Å². The van der Waals surface area contributed by atoms with Crippen molar-refractivity contribution in [2.75, 3.05) is 0 Å². The summed E-state index contributed by atoms with van der Waals surface area (Å²) in [7, 11) is 0. The summed E-state index contributed by atoms with van der Waals surface area (Å²) < 4.78 is 7.66. The molecular formula is C17H18N4O2. The fourth-order valence-electron chi connectivity index (χ4n) is 2.32. The van der Waals surface area contributed by atoms with Gasteiger partial charge in [-0.2, -0.15) is 10.4 Å². The normalized spacial score (nSPS) is 10.4. The van der Waals surface area contributed by atoms with Crippen molar-refractivity contribution in [3.05, 3.63) is 46.4 Å². The van der Waals surface area contributed by atoms with Gasteiger partial charge in [0.1, 0.15) is 5.75 Å². The Kier molecular flexibility index (Phi) is 5.00. The highest BCUT2D eigenvalue weighted by Gasteiger charge is 2.20. The average Bonchev–Trinajstić information content (AvgIpc) is 2.91. The van der Waals surface area contributed by atoms with Crippen LogP contribution in [-0.4, -0.2) is 14.9 Å². The number of hydrogen-bond acceptors (Lipinski definition) is 4. The van der Waals surface area contributed by atoms with E-state index in [0.29, 0.717) is 35.0 Å². The smallest absolute Gasteiger partial charge is 0.221 e. The highest BCUT2D eigenvalue weighted by atomic mass is 16.5.